The van der Waals surface area contributed by atoms with Gasteiger partial charge in [0.05, 0.1) is 0 Å². The maximum atomic E-state index is 12.5. The van der Waals surface area contributed by atoms with Crippen LogP contribution in [0.1, 0.15) is 62.3 Å². The predicted molar refractivity (Wildman–Crippen MR) is 128 cm³/mol. The summed E-state index contributed by atoms with van der Waals surface area (Å²) >= 11 is 0. The Labute approximate surface area is 187 Å². The quantitative estimate of drug-likeness (QED) is 0.655. The number of amides is 1. The van der Waals surface area contributed by atoms with E-state index >= 15 is 0 Å². The summed E-state index contributed by atoms with van der Waals surface area (Å²) in [4.78, 5) is 26.8. The number of anilines is 1. The Balaban J connectivity index is 1.85. The first kappa shape index (κ1) is 23.2. The maximum Gasteiger partial charge on any atom is 0.222 e. The summed E-state index contributed by atoms with van der Waals surface area (Å²) in [6, 6.07) is 8.72. The summed E-state index contributed by atoms with van der Waals surface area (Å²) in [5, 5.41) is 0. The molecule has 1 saturated heterocycles. The van der Waals surface area contributed by atoms with E-state index in [0.717, 1.165) is 56.4 Å². The fourth-order valence-electron chi connectivity index (χ4n) is 4.12. The van der Waals surface area contributed by atoms with Crippen molar-refractivity contribution < 1.29 is 4.79 Å². The van der Waals surface area contributed by atoms with E-state index in [1.54, 1.807) is 0 Å². The number of hydrogen-bond donors (Lipinski definition) is 0. The van der Waals surface area contributed by atoms with E-state index in [1.165, 1.54) is 16.7 Å². The third kappa shape index (κ3) is 6.28. The third-order valence-electron chi connectivity index (χ3n) is 5.85. The van der Waals surface area contributed by atoms with Gasteiger partial charge in [-0.15, -0.1) is 0 Å². The number of aromatic nitrogens is 2. The van der Waals surface area contributed by atoms with Gasteiger partial charge in [-0.3, -0.25) is 4.79 Å². The van der Waals surface area contributed by atoms with E-state index in [4.69, 9.17) is 9.97 Å². The van der Waals surface area contributed by atoms with Crippen molar-refractivity contribution in [2.75, 3.05) is 31.1 Å². The van der Waals surface area contributed by atoms with Crippen LogP contribution < -0.4 is 4.90 Å². The van der Waals surface area contributed by atoms with Crippen molar-refractivity contribution in [3.8, 4) is 0 Å². The van der Waals surface area contributed by atoms with E-state index in [1.807, 2.05) is 4.90 Å². The summed E-state index contributed by atoms with van der Waals surface area (Å²) in [7, 11) is 0. The highest BCUT2D eigenvalue weighted by atomic mass is 16.2. The van der Waals surface area contributed by atoms with E-state index in [0.29, 0.717) is 18.3 Å². The number of carbonyl (C=O) groups excluding carboxylic acids is 1. The van der Waals surface area contributed by atoms with Gasteiger partial charge in [0.1, 0.15) is 11.6 Å². The fourth-order valence-corrected chi connectivity index (χ4v) is 4.12. The van der Waals surface area contributed by atoms with Gasteiger partial charge in [-0.2, -0.15) is 0 Å². The topological polar surface area (TPSA) is 49.3 Å². The van der Waals surface area contributed by atoms with E-state index < -0.39 is 0 Å². The molecule has 3 rings (SSSR count). The molecule has 1 fully saturated rings. The molecule has 1 aromatic heterocycles. The van der Waals surface area contributed by atoms with Crippen molar-refractivity contribution in [2.24, 2.45) is 11.8 Å². The van der Waals surface area contributed by atoms with Crippen LogP contribution in [0.4, 0.5) is 5.82 Å². The fraction of sp³-hybridized carbons (Fsp3) is 0.577. The Morgan fingerprint density at radius 1 is 0.935 bits per heavy atom. The standard InChI is InChI=1S/C26H38N4O/c1-18(2)15-24-27-21(6)23(17-22-9-7-20(5)8-10-22)26(28-24)30-13-11-29(12-14-30)25(31)16-19(3)4/h7-10,18-19H,11-17H2,1-6H3. The molecule has 0 aliphatic carbocycles. The number of piperazine rings is 1. The number of benzene rings is 1. The summed E-state index contributed by atoms with van der Waals surface area (Å²) < 4.78 is 0. The lowest BCUT2D eigenvalue weighted by atomic mass is 10.0. The minimum Gasteiger partial charge on any atom is -0.353 e. The highest BCUT2D eigenvalue weighted by molar-refractivity contribution is 5.76. The van der Waals surface area contributed by atoms with Gasteiger partial charge in [-0.25, -0.2) is 9.97 Å². The molecular weight excluding hydrogens is 384 g/mol. The molecule has 0 atom stereocenters. The zero-order valence-corrected chi connectivity index (χ0v) is 20.1. The van der Waals surface area contributed by atoms with Gasteiger partial charge in [-0.05, 0) is 31.2 Å². The summed E-state index contributed by atoms with van der Waals surface area (Å²) in [5.41, 5.74) is 4.82. The normalized spacial score (nSPS) is 14.6. The minimum absolute atomic E-state index is 0.272. The number of aryl methyl sites for hydroxylation is 2. The second kappa shape index (κ2) is 10.3. The Kier molecular flexibility index (Phi) is 7.69. The van der Waals surface area contributed by atoms with Gasteiger partial charge < -0.3 is 9.80 Å². The molecule has 1 aromatic carbocycles. The summed E-state index contributed by atoms with van der Waals surface area (Å²) in [6.45, 7) is 16.0. The molecule has 1 aliphatic heterocycles. The minimum atomic E-state index is 0.272. The first-order valence-corrected chi connectivity index (χ1v) is 11.7. The van der Waals surface area contributed by atoms with Crippen LogP contribution in [0.2, 0.25) is 0 Å². The van der Waals surface area contributed by atoms with Gasteiger partial charge in [0.15, 0.2) is 0 Å². The highest BCUT2D eigenvalue weighted by Gasteiger charge is 2.25. The van der Waals surface area contributed by atoms with Crippen molar-refractivity contribution in [3.05, 3.63) is 52.5 Å². The van der Waals surface area contributed by atoms with Gasteiger partial charge in [0.2, 0.25) is 5.91 Å². The molecule has 0 unspecified atom stereocenters. The predicted octanol–water partition coefficient (Wildman–Crippen LogP) is 4.58. The second-order valence-corrected chi connectivity index (χ2v) is 9.75. The second-order valence-electron chi connectivity index (χ2n) is 9.75. The van der Waals surface area contributed by atoms with E-state index in [2.05, 4.69) is 70.7 Å². The molecule has 0 radical (unpaired) electrons. The van der Waals surface area contributed by atoms with E-state index in [9.17, 15) is 4.79 Å². The molecule has 0 N–H and O–H groups in total. The van der Waals surface area contributed by atoms with Crippen molar-refractivity contribution in [3.63, 3.8) is 0 Å². The lowest BCUT2D eigenvalue weighted by Gasteiger charge is -2.37. The average Bonchev–Trinajstić information content (AvgIpc) is 2.70. The Bertz CT molecular complexity index is 881. The SMILES string of the molecule is Cc1ccc(Cc2c(C)nc(CC(C)C)nc2N2CCN(C(=O)CC(C)C)CC2)cc1. The molecule has 5 nitrogen and oxygen atoms in total. The van der Waals surface area contributed by atoms with Crippen LogP contribution in [-0.4, -0.2) is 47.0 Å². The average molecular weight is 423 g/mol. The van der Waals surface area contributed by atoms with Crippen LogP contribution in [0.15, 0.2) is 24.3 Å². The first-order chi connectivity index (χ1) is 14.7. The maximum absolute atomic E-state index is 12.5. The molecule has 1 aliphatic rings. The summed E-state index contributed by atoms with van der Waals surface area (Å²) in [5.74, 6) is 3.16. The van der Waals surface area contributed by atoms with E-state index in [-0.39, 0.29) is 5.91 Å². The Hall–Kier alpha value is -2.43. The van der Waals surface area contributed by atoms with Crippen LogP contribution >= 0.6 is 0 Å². The van der Waals surface area contributed by atoms with Crippen LogP contribution in [-0.2, 0) is 17.6 Å². The number of rotatable bonds is 7. The van der Waals surface area contributed by atoms with Crippen LogP contribution in [0.25, 0.3) is 0 Å². The number of hydrogen-bond acceptors (Lipinski definition) is 4. The monoisotopic (exact) mass is 422 g/mol. The van der Waals surface area contributed by atoms with Crippen molar-refractivity contribution in [2.45, 2.75) is 60.8 Å². The van der Waals surface area contributed by atoms with Gasteiger partial charge in [0.25, 0.3) is 0 Å². The molecule has 0 saturated carbocycles. The number of nitrogens with zero attached hydrogens (tertiary/aromatic N) is 4. The van der Waals surface area contributed by atoms with Gasteiger partial charge in [0, 0.05) is 56.7 Å². The Morgan fingerprint density at radius 2 is 1.58 bits per heavy atom. The molecule has 168 valence electrons. The molecule has 31 heavy (non-hydrogen) atoms. The largest absolute Gasteiger partial charge is 0.353 e. The molecule has 2 aromatic rings. The highest BCUT2D eigenvalue weighted by Crippen LogP contribution is 2.26. The van der Waals surface area contributed by atoms with Crippen molar-refractivity contribution >= 4 is 11.7 Å². The molecule has 0 spiro atoms. The number of carbonyl (C=O) groups is 1. The van der Waals surface area contributed by atoms with Gasteiger partial charge in [-0.1, -0.05) is 57.5 Å². The van der Waals surface area contributed by atoms with Crippen LogP contribution in [0, 0.1) is 25.7 Å². The molecule has 5 heteroatoms. The first-order valence-electron chi connectivity index (χ1n) is 11.7. The van der Waals surface area contributed by atoms with Crippen molar-refractivity contribution in [1.82, 2.24) is 14.9 Å². The third-order valence-corrected chi connectivity index (χ3v) is 5.85. The lowest BCUT2D eigenvalue weighted by Crippen LogP contribution is -2.49. The van der Waals surface area contributed by atoms with Crippen LogP contribution in [0.5, 0.6) is 0 Å². The smallest absolute Gasteiger partial charge is 0.222 e. The Morgan fingerprint density at radius 3 is 2.16 bits per heavy atom. The molecular formula is C26H38N4O. The molecule has 0 bridgehead atoms. The molecule has 1 amide bonds. The summed E-state index contributed by atoms with van der Waals surface area (Å²) in [6.07, 6.45) is 2.34. The zero-order chi connectivity index (χ0) is 22.5. The molecule has 2 heterocycles. The lowest BCUT2D eigenvalue weighted by molar-refractivity contribution is -0.132. The zero-order valence-electron chi connectivity index (χ0n) is 20.1. The van der Waals surface area contributed by atoms with Gasteiger partial charge >= 0.3 is 0 Å². The van der Waals surface area contributed by atoms with Crippen molar-refractivity contribution in [1.29, 1.82) is 0 Å². The van der Waals surface area contributed by atoms with Crippen LogP contribution in [0.3, 0.4) is 0 Å².